The van der Waals surface area contributed by atoms with Crippen molar-refractivity contribution in [2.24, 2.45) is 0 Å². The summed E-state index contributed by atoms with van der Waals surface area (Å²) in [6, 6.07) is 8.19. The number of hydrogen-bond donors (Lipinski definition) is 1. The molecule has 3 aromatic rings. The number of hydrogen-bond acceptors (Lipinski definition) is 5. The molecule has 0 aromatic carbocycles. The van der Waals surface area contributed by atoms with Crippen molar-refractivity contribution in [1.29, 1.82) is 0 Å². The highest BCUT2D eigenvalue weighted by atomic mass is 35.5. The third-order valence-electron chi connectivity index (χ3n) is 4.37. The maximum absolute atomic E-state index is 13.1. The minimum Gasteiger partial charge on any atom is -0.314 e. The van der Waals surface area contributed by atoms with E-state index in [0.717, 1.165) is 35.3 Å². The summed E-state index contributed by atoms with van der Waals surface area (Å²) >= 11 is 1.46. The molecule has 4 rings (SSSR count). The van der Waals surface area contributed by atoms with Crippen molar-refractivity contribution in [3.63, 3.8) is 0 Å². The molecule has 5 nitrogen and oxygen atoms in total. The zero-order valence-corrected chi connectivity index (χ0v) is 14.9. The highest BCUT2D eigenvalue weighted by Gasteiger charge is 2.25. The molecule has 0 amide bonds. The second-order valence-electron chi connectivity index (χ2n) is 5.99. The Morgan fingerprint density at radius 1 is 1.33 bits per heavy atom. The smallest absolute Gasteiger partial charge is 0.272 e. The van der Waals surface area contributed by atoms with Crippen molar-refractivity contribution < 1.29 is 0 Å². The molecule has 0 spiro atoms. The summed E-state index contributed by atoms with van der Waals surface area (Å²) in [6.07, 6.45) is 3.61. The molecule has 0 unspecified atom stereocenters. The first-order chi connectivity index (χ1) is 11.2. The van der Waals surface area contributed by atoms with Gasteiger partial charge in [-0.1, -0.05) is 6.07 Å². The Morgan fingerprint density at radius 3 is 2.96 bits per heavy atom. The number of piperidine rings is 1. The molecule has 2 atom stereocenters. The van der Waals surface area contributed by atoms with Crippen LogP contribution in [0, 0.1) is 0 Å². The number of nitrogens with zero attached hydrogens (tertiary/aromatic N) is 3. The molecule has 1 aliphatic heterocycles. The molecule has 1 aliphatic rings. The number of fused-ring (bicyclic) bond motifs is 1. The highest BCUT2D eigenvalue weighted by molar-refractivity contribution is 7.17. The maximum atomic E-state index is 13.1. The van der Waals surface area contributed by atoms with Crippen LogP contribution in [-0.4, -0.2) is 27.1 Å². The van der Waals surface area contributed by atoms with Crippen molar-refractivity contribution in [2.45, 2.75) is 31.8 Å². The molecule has 1 saturated heterocycles. The summed E-state index contributed by atoms with van der Waals surface area (Å²) in [5, 5.41) is 5.37. The molecular weight excluding hydrogens is 344 g/mol. The van der Waals surface area contributed by atoms with Crippen molar-refractivity contribution in [3.8, 4) is 11.5 Å². The standard InChI is InChI=1S/C17H18N4OS.ClH/c1-11-10-12(5-8-18-11)21-16(14-4-2-3-7-19-14)20-13-6-9-23-15(13)17(21)22;/h2-4,6-7,9,11-12,18H,5,8,10H2,1H3;1H/t11-,12-;/m0./s1. The molecule has 126 valence electrons. The SMILES string of the molecule is C[C@H]1C[C@@H](n2c(-c3ccccn3)nc3ccsc3c2=O)CCN1.Cl. The van der Waals surface area contributed by atoms with E-state index >= 15 is 0 Å². The van der Waals surface area contributed by atoms with Crippen LogP contribution in [0.25, 0.3) is 21.7 Å². The van der Waals surface area contributed by atoms with Gasteiger partial charge in [0.25, 0.3) is 5.56 Å². The topological polar surface area (TPSA) is 59.8 Å². The van der Waals surface area contributed by atoms with E-state index < -0.39 is 0 Å². The van der Waals surface area contributed by atoms with Gasteiger partial charge in [0.05, 0.1) is 5.52 Å². The Morgan fingerprint density at radius 2 is 2.21 bits per heavy atom. The lowest BCUT2D eigenvalue weighted by Crippen LogP contribution is -2.40. The average molecular weight is 363 g/mol. The van der Waals surface area contributed by atoms with Crippen LogP contribution >= 0.6 is 23.7 Å². The molecule has 0 aliphatic carbocycles. The first-order valence-corrected chi connectivity index (χ1v) is 8.76. The first-order valence-electron chi connectivity index (χ1n) is 7.88. The predicted octanol–water partition coefficient (Wildman–Crippen LogP) is 3.25. The molecule has 1 N–H and O–H groups in total. The fourth-order valence-electron chi connectivity index (χ4n) is 3.28. The van der Waals surface area contributed by atoms with Crippen molar-refractivity contribution in [2.75, 3.05) is 6.54 Å². The maximum Gasteiger partial charge on any atom is 0.272 e. The summed E-state index contributed by atoms with van der Waals surface area (Å²) in [6.45, 7) is 3.08. The van der Waals surface area contributed by atoms with E-state index in [2.05, 4.69) is 17.2 Å². The number of halogens is 1. The van der Waals surface area contributed by atoms with E-state index in [1.54, 1.807) is 6.20 Å². The molecule has 1 fully saturated rings. The van der Waals surface area contributed by atoms with E-state index in [0.29, 0.717) is 11.9 Å². The molecule has 4 heterocycles. The Bertz CT molecular complexity index is 892. The lowest BCUT2D eigenvalue weighted by Gasteiger charge is -2.30. The first kappa shape index (κ1) is 17.1. The number of rotatable bonds is 2. The van der Waals surface area contributed by atoms with E-state index in [1.165, 1.54) is 11.3 Å². The molecule has 0 saturated carbocycles. The van der Waals surface area contributed by atoms with Gasteiger partial charge in [-0.2, -0.15) is 0 Å². The Hall–Kier alpha value is -1.76. The number of pyridine rings is 1. The number of thiophene rings is 1. The van der Waals surface area contributed by atoms with Gasteiger partial charge in [0, 0.05) is 18.3 Å². The van der Waals surface area contributed by atoms with Crippen LogP contribution < -0.4 is 10.9 Å². The van der Waals surface area contributed by atoms with Crippen molar-refractivity contribution in [1.82, 2.24) is 19.9 Å². The number of nitrogens with one attached hydrogen (secondary N) is 1. The summed E-state index contributed by atoms with van der Waals surface area (Å²) in [5.41, 5.74) is 1.58. The second kappa shape index (κ2) is 7.01. The average Bonchev–Trinajstić information content (AvgIpc) is 3.04. The lowest BCUT2D eigenvalue weighted by molar-refractivity contribution is 0.309. The summed E-state index contributed by atoms with van der Waals surface area (Å²) in [4.78, 5) is 22.3. The molecule has 0 bridgehead atoms. The normalized spacial score (nSPS) is 20.7. The molecule has 7 heteroatoms. The van der Waals surface area contributed by atoms with Crippen LogP contribution in [0.2, 0.25) is 0 Å². The zero-order chi connectivity index (χ0) is 15.8. The molecule has 0 radical (unpaired) electrons. The van der Waals surface area contributed by atoms with Gasteiger partial charge >= 0.3 is 0 Å². The second-order valence-corrected chi connectivity index (χ2v) is 6.91. The lowest BCUT2D eigenvalue weighted by atomic mass is 10.00. The van der Waals surface area contributed by atoms with Gasteiger partial charge in [0.15, 0.2) is 5.82 Å². The molecule has 3 aromatic heterocycles. The Labute approximate surface area is 150 Å². The summed E-state index contributed by atoms with van der Waals surface area (Å²) in [7, 11) is 0. The van der Waals surface area contributed by atoms with E-state index in [9.17, 15) is 4.79 Å². The third kappa shape index (κ3) is 2.97. The van der Waals surface area contributed by atoms with Crippen LogP contribution in [0.4, 0.5) is 0 Å². The van der Waals surface area contributed by atoms with Crippen molar-refractivity contribution in [3.05, 3.63) is 46.2 Å². The van der Waals surface area contributed by atoms with E-state index in [-0.39, 0.29) is 24.0 Å². The minimum absolute atomic E-state index is 0. The summed E-state index contributed by atoms with van der Waals surface area (Å²) in [5.74, 6) is 0.681. The minimum atomic E-state index is 0. The Kier molecular flexibility index (Phi) is 4.99. The van der Waals surface area contributed by atoms with E-state index in [1.807, 2.05) is 34.2 Å². The van der Waals surface area contributed by atoms with Gasteiger partial charge in [-0.3, -0.25) is 14.3 Å². The monoisotopic (exact) mass is 362 g/mol. The molecular formula is C17H19ClN4OS. The summed E-state index contributed by atoms with van der Waals surface area (Å²) < 4.78 is 2.61. The highest BCUT2D eigenvalue weighted by Crippen LogP contribution is 2.27. The fourth-order valence-corrected chi connectivity index (χ4v) is 4.05. The zero-order valence-electron chi connectivity index (χ0n) is 13.3. The quantitative estimate of drug-likeness (QED) is 0.760. The van der Waals surface area contributed by atoms with Crippen LogP contribution in [0.3, 0.4) is 0 Å². The van der Waals surface area contributed by atoms with E-state index in [4.69, 9.17) is 4.98 Å². The van der Waals surface area contributed by atoms with Gasteiger partial charge in [0.1, 0.15) is 10.4 Å². The predicted molar refractivity (Wildman–Crippen MR) is 100 cm³/mol. The largest absolute Gasteiger partial charge is 0.314 e. The van der Waals surface area contributed by atoms with Gasteiger partial charge in [0.2, 0.25) is 0 Å². The van der Waals surface area contributed by atoms with Gasteiger partial charge < -0.3 is 5.32 Å². The van der Waals surface area contributed by atoms with Gasteiger partial charge in [-0.05, 0) is 49.9 Å². The van der Waals surface area contributed by atoms with Crippen LogP contribution in [0.15, 0.2) is 40.6 Å². The molecule has 24 heavy (non-hydrogen) atoms. The Balaban J connectivity index is 0.00000169. The number of aromatic nitrogens is 3. The van der Waals surface area contributed by atoms with Crippen LogP contribution in [-0.2, 0) is 0 Å². The third-order valence-corrected chi connectivity index (χ3v) is 5.26. The van der Waals surface area contributed by atoms with Crippen LogP contribution in [0.1, 0.15) is 25.8 Å². The van der Waals surface area contributed by atoms with Gasteiger partial charge in [-0.15, -0.1) is 23.7 Å². The van der Waals surface area contributed by atoms with Gasteiger partial charge in [-0.25, -0.2) is 4.98 Å². The fraction of sp³-hybridized carbons (Fsp3) is 0.353. The van der Waals surface area contributed by atoms with Crippen molar-refractivity contribution >= 4 is 34.0 Å². The van der Waals surface area contributed by atoms with Crippen LogP contribution in [0.5, 0.6) is 0 Å².